The van der Waals surface area contributed by atoms with Gasteiger partial charge in [0.05, 0.1) is 12.7 Å². The van der Waals surface area contributed by atoms with Crippen molar-refractivity contribution in [3.05, 3.63) is 23.2 Å². The average molecular weight is 241 g/mol. The average Bonchev–Trinajstić information content (AvgIpc) is 2.58. The second-order valence-corrected chi connectivity index (χ2v) is 4.02. The number of carbonyl (C=O) groups is 1. The van der Waals surface area contributed by atoms with Crippen LogP contribution in [-0.4, -0.2) is 37.4 Å². The summed E-state index contributed by atoms with van der Waals surface area (Å²) >= 11 is 0. The molecule has 0 bridgehead atoms. The van der Waals surface area contributed by atoms with Gasteiger partial charge in [-0.1, -0.05) is 0 Å². The Balaban J connectivity index is 2.37. The van der Waals surface area contributed by atoms with Crippen molar-refractivity contribution in [1.29, 1.82) is 0 Å². The summed E-state index contributed by atoms with van der Waals surface area (Å²) in [6.07, 6.45) is -0.0991. The van der Waals surface area contributed by atoms with Crippen LogP contribution in [0, 0.1) is 13.8 Å². The van der Waals surface area contributed by atoms with Gasteiger partial charge in [0.15, 0.2) is 5.76 Å². The Labute approximate surface area is 101 Å². The van der Waals surface area contributed by atoms with Gasteiger partial charge in [0.1, 0.15) is 5.76 Å². The molecular weight excluding hydrogens is 222 g/mol. The zero-order valence-electron chi connectivity index (χ0n) is 10.4. The van der Waals surface area contributed by atoms with Gasteiger partial charge in [0, 0.05) is 19.2 Å². The Kier molecular flexibility index (Phi) is 5.18. The molecule has 1 rings (SSSR count). The molecule has 0 radical (unpaired) electrons. The zero-order valence-corrected chi connectivity index (χ0v) is 10.4. The first kappa shape index (κ1) is 13.7. The van der Waals surface area contributed by atoms with E-state index >= 15 is 0 Å². The van der Waals surface area contributed by atoms with Crippen LogP contribution in [0.5, 0.6) is 0 Å². The molecule has 5 nitrogen and oxygen atoms in total. The molecule has 1 heterocycles. The molecule has 0 aliphatic heterocycles. The number of aliphatic hydroxyl groups is 1. The summed E-state index contributed by atoms with van der Waals surface area (Å²) in [7, 11) is 1.52. The van der Waals surface area contributed by atoms with E-state index in [1.807, 2.05) is 13.0 Å². The summed E-state index contributed by atoms with van der Waals surface area (Å²) in [5, 5.41) is 12.1. The highest BCUT2D eigenvalue weighted by molar-refractivity contribution is 5.92. The second-order valence-electron chi connectivity index (χ2n) is 4.02. The van der Waals surface area contributed by atoms with Crippen molar-refractivity contribution < 1.29 is 19.1 Å². The summed E-state index contributed by atoms with van der Waals surface area (Å²) in [6, 6.07) is 1.81. The number of ether oxygens (including phenoxy) is 1. The zero-order chi connectivity index (χ0) is 12.8. The van der Waals surface area contributed by atoms with Crippen molar-refractivity contribution in [2.75, 3.05) is 20.3 Å². The van der Waals surface area contributed by atoms with Gasteiger partial charge in [-0.2, -0.15) is 0 Å². The highest BCUT2D eigenvalue weighted by Gasteiger charge is 2.14. The van der Waals surface area contributed by atoms with Crippen molar-refractivity contribution in [3.63, 3.8) is 0 Å². The molecule has 0 aromatic carbocycles. The smallest absolute Gasteiger partial charge is 0.287 e. The van der Waals surface area contributed by atoms with Gasteiger partial charge in [0.2, 0.25) is 0 Å². The summed E-state index contributed by atoms with van der Waals surface area (Å²) < 4.78 is 10.1. The molecule has 0 aliphatic carbocycles. The number of amides is 1. The van der Waals surface area contributed by atoms with Crippen molar-refractivity contribution in [3.8, 4) is 0 Å². The Morgan fingerprint density at radius 3 is 2.82 bits per heavy atom. The Bertz CT molecular complexity index is 373. The van der Waals surface area contributed by atoms with E-state index in [2.05, 4.69) is 5.32 Å². The summed E-state index contributed by atoms with van der Waals surface area (Å²) in [6.45, 7) is 4.29. The van der Waals surface area contributed by atoms with Crippen LogP contribution in [0.1, 0.15) is 28.3 Å². The number of carbonyl (C=O) groups excluding carboxylic acids is 1. The van der Waals surface area contributed by atoms with Gasteiger partial charge in [-0.05, 0) is 26.3 Å². The molecule has 0 aliphatic rings. The van der Waals surface area contributed by atoms with Crippen LogP contribution in [0.15, 0.2) is 10.5 Å². The van der Waals surface area contributed by atoms with Crippen molar-refractivity contribution in [2.24, 2.45) is 0 Å². The largest absolute Gasteiger partial charge is 0.456 e. The van der Waals surface area contributed by atoms with Gasteiger partial charge in [0.25, 0.3) is 5.91 Å². The molecule has 1 unspecified atom stereocenters. The maximum atomic E-state index is 11.7. The third-order valence-electron chi connectivity index (χ3n) is 2.37. The molecule has 0 spiro atoms. The van der Waals surface area contributed by atoms with Crippen LogP contribution >= 0.6 is 0 Å². The summed E-state index contributed by atoms with van der Waals surface area (Å²) in [5.74, 6) is 0.802. The van der Waals surface area contributed by atoms with E-state index in [1.54, 1.807) is 6.92 Å². The topological polar surface area (TPSA) is 71.7 Å². The summed E-state index contributed by atoms with van der Waals surface area (Å²) in [4.78, 5) is 11.7. The minimum atomic E-state index is -0.556. The lowest BCUT2D eigenvalue weighted by atomic mass is 10.2. The molecule has 1 aromatic rings. The van der Waals surface area contributed by atoms with Crippen LogP contribution in [0.2, 0.25) is 0 Å². The van der Waals surface area contributed by atoms with Gasteiger partial charge >= 0.3 is 0 Å². The van der Waals surface area contributed by atoms with E-state index < -0.39 is 6.10 Å². The van der Waals surface area contributed by atoms with Crippen LogP contribution in [0.25, 0.3) is 0 Å². The van der Waals surface area contributed by atoms with E-state index in [1.165, 1.54) is 7.11 Å². The van der Waals surface area contributed by atoms with E-state index in [-0.39, 0.29) is 12.5 Å². The van der Waals surface area contributed by atoms with Crippen LogP contribution in [0.4, 0.5) is 0 Å². The van der Waals surface area contributed by atoms with Crippen molar-refractivity contribution in [1.82, 2.24) is 5.32 Å². The van der Waals surface area contributed by atoms with E-state index in [0.29, 0.717) is 24.5 Å². The number of rotatable bonds is 6. The number of hydrogen-bond acceptors (Lipinski definition) is 4. The van der Waals surface area contributed by atoms with Crippen LogP contribution in [0.3, 0.4) is 0 Å². The lowest BCUT2D eigenvalue weighted by Crippen LogP contribution is -2.28. The minimum absolute atomic E-state index is 0.250. The number of aryl methyl sites for hydroxylation is 2. The lowest BCUT2D eigenvalue weighted by molar-refractivity contribution is 0.0586. The third-order valence-corrected chi connectivity index (χ3v) is 2.37. The van der Waals surface area contributed by atoms with Crippen LogP contribution < -0.4 is 5.32 Å². The van der Waals surface area contributed by atoms with Gasteiger partial charge < -0.3 is 19.6 Å². The second kappa shape index (κ2) is 6.42. The molecule has 2 N–H and O–H groups in total. The molecule has 0 fully saturated rings. The SMILES string of the molecule is COCC(O)CCNC(=O)c1oc(C)cc1C. The third kappa shape index (κ3) is 4.20. The van der Waals surface area contributed by atoms with Gasteiger partial charge in [-0.15, -0.1) is 0 Å². The maximum absolute atomic E-state index is 11.7. The molecule has 1 aromatic heterocycles. The number of methoxy groups -OCH3 is 1. The number of aliphatic hydroxyl groups excluding tert-OH is 1. The highest BCUT2D eigenvalue weighted by Crippen LogP contribution is 2.13. The Hall–Kier alpha value is -1.33. The predicted molar refractivity (Wildman–Crippen MR) is 63.0 cm³/mol. The monoisotopic (exact) mass is 241 g/mol. The first-order valence-corrected chi connectivity index (χ1v) is 5.56. The molecule has 0 saturated heterocycles. The van der Waals surface area contributed by atoms with E-state index in [0.717, 1.165) is 5.56 Å². The van der Waals surface area contributed by atoms with E-state index in [4.69, 9.17) is 9.15 Å². The Morgan fingerprint density at radius 2 is 2.29 bits per heavy atom. The first-order valence-electron chi connectivity index (χ1n) is 5.56. The molecule has 1 amide bonds. The standard InChI is InChI=1S/C12H19NO4/c1-8-6-9(2)17-11(8)12(15)13-5-4-10(14)7-16-3/h6,10,14H,4-5,7H2,1-3H3,(H,13,15). The highest BCUT2D eigenvalue weighted by atomic mass is 16.5. The van der Waals surface area contributed by atoms with E-state index in [9.17, 15) is 9.90 Å². The summed E-state index contributed by atoms with van der Waals surface area (Å²) in [5.41, 5.74) is 0.817. The number of nitrogens with one attached hydrogen (secondary N) is 1. The fourth-order valence-corrected chi connectivity index (χ4v) is 1.58. The molecule has 0 saturated carbocycles. The molecule has 5 heteroatoms. The normalized spacial score (nSPS) is 12.5. The quantitative estimate of drug-likeness (QED) is 0.780. The Morgan fingerprint density at radius 1 is 1.59 bits per heavy atom. The van der Waals surface area contributed by atoms with Crippen molar-refractivity contribution >= 4 is 5.91 Å². The molecule has 96 valence electrons. The fourth-order valence-electron chi connectivity index (χ4n) is 1.58. The van der Waals surface area contributed by atoms with Crippen LogP contribution in [-0.2, 0) is 4.74 Å². The lowest BCUT2D eigenvalue weighted by Gasteiger charge is -2.09. The van der Waals surface area contributed by atoms with Crippen molar-refractivity contribution in [2.45, 2.75) is 26.4 Å². The fraction of sp³-hybridized carbons (Fsp3) is 0.583. The number of hydrogen-bond donors (Lipinski definition) is 2. The van der Waals surface area contributed by atoms with Gasteiger partial charge in [-0.3, -0.25) is 4.79 Å². The number of furan rings is 1. The van der Waals surface area contributed by atoms with Gasteiger partial charge in [-0.25, -0.2) is 0 Å². The maximum Gasteiger partial charge on any atom is 0.287 e. The molecular formula is C12H19NO4. The molecule has 1 atom stereocenters. The first-order chi connectivity index (χ1) is 8.04. The predicted octanol–water partition coefficient (Wildman–Crippen LogP) is 1.02. The molecule has 17 heavy (non-hydrogen) atoms. The minimum Gasteiger partial charge on any atom is -0.456 e.